The van der Waals surface area contributed by atoms with E-state index in [2.05, 4.69) is 15.9 Å². The van der Waals surface area contributed by atoms with Crippen molar-refractivity contribution >= 4 is 27.7 Å². The Morgan fingerprint density at radius 2 is 1.86 bits per heavy atom. The fraction of sp³-hybridized carbons (Fsp3) is 0.200. The number of hydrogen-bond donors (Lipinski definition) is 1. The van der Waals surface area contributed by atoms with Gasteiger partial charge in [0.05, 0.1) is 11.2 Å². The van der Waals surface area contributed by atoms with Crippen LogP contribution in [0.25, 0.3) is 0 Å². The summed E-state index contributed by atoms with van der Waals surface area (Å²) >= 11 is 3.05. The Hall–Kier alpha value is -1.16. The Labute approximate surface area is 89.9 Å². The second-order valence-corrected chi connectivity index (χ2v) is 3.90. The molecule has 0 aromatic heterocycles. The number of benzene rings is 1. The monoisotopic (exact) mass is 256 g/mol. The van der Waals surface area contributed by atoms with Crippen molar-refractivity contribution in [1.29, 1.82) is 0 Å². The highest BCUT2D eigenvalue weighted by molar-refractivity contribution is 9.10. The Kier molecular flexibility index (Phi) is 3.83. The molecule has 0 saturated heterocycles. The molecule has 1 aromatic carbocycles. The van der Waals surface area contributed by atoms with E-state index in [1.54, 1.807) is 30.3 Å². The zero-order chi connectivity index (χ0) is 10.6. The molecule has 0 fully saturated rings. The van der Waals surface area contributed by atoms with E-state index in [4.69, 9.17) is 5.11 Å². The minimum Gasteiger partial charge on any atom is -0.481 e. The van der Waals surface area contributed by atoms with Gasteiger partial charge in [-0.05, 0) is 0 Å². The smallest absolute Gasteiger partial charge is 0.304 e. The lowest BCUT2D eigenvalue weighted by Gasteiger charge is -2.05. The first-order chi connectivity index (χ1) is 6.61. The second-order valence-electron chi connectivity index (χ2n) is 2.80. The average molecular weight is 257 g/mol. The van der Waals surface area contributed by atoms with Gasteiger partial charge in [0.25, 0.3) is 0 Å². The predicted octanol–water partition coefficient (Wildman–Crippen LogP) is 2.11. The molecular weight excluding hydrogens is 248 g/mol. The molecule has 0 aliphatic carbocycles. The van der Waals surface area contributed by atoms with Crippen LogP contribution in [0.3, 0.4) is 0 Å². The number of alkyl halides is 1. The number of Topliss-reactive ketones (excluding diaryl/α,β-unsaturated/α-hetero) is 1. The zero-order valence-electron chi connectivity index (χ0n) is 7.31. The maximum atomic E-state index is 11.6. The quantitative estimate of drug-likeness (QED) is 0.663. The number of aliphatic carboxylic acids is 1. The average Bonchev–Trinajstić information content (AvgIpc) is 2.17. The molecule has 1 N–H and O–H groups in total. The molecule has 74 valence electrons. The highest BCUT2D eigenvalue weighted by Crippen LogP contribution is 2.13. The van der Waals surface area contributed by atoms with Gasteiger partial charge in [0, 0.05) is 5.56 Å². The maximum Gasteiger partial charge on any atom is 0.304 e. The summed E-state index contributed by atoms with van der Waals surface area (Å²) < 4.78 is 0. The molecule has 0 amide bonds. The third-order valence-electron chi connectivity index (χ3n) is 1.70. The van der Waals surface area contributed by atoms with Crippen molar-refractivity contribution in [2.75, 3.05) is 0 Å². The van der Waals surface area contributed by atoms with Crippen LogP contribution in [0.2, 0.25) is 0 Å². The van der Waals surface area contributed by atoms with Crippen LogP contribution < -0.4 is 0 Å². The van der Waals surface area contributed by atoms with Crippen LogP contribution in [-0.4, -0.2) is 21.7 Å². The SMILES string of the molecule is O=C(O)CC(Br)C(=O)c1ccccc1. The van der Waals surface area contributed by atoms with E-state index in [-0.39, 0.29) is 12.2 Å². The van der Waals surface area contributed by atoms with Crippen molar-refractivity contribution in [3.63, 3.8) is 0 Å². The lowest BCUT2D eigenvalue weighted by molar-refractivity contribution is -0.136. The largest absolute Gasteiger partial charge is 0.481 e. The minimum absolute atomic E-state index is 0.201. The molecule has 0 heterocycles. The van der Waals surface area contributed by atoms with Crippen LogP contribution in [0.4, 0.5) is 0 Å². The van der Waals surface area contributed by atoms with E-state index in [9.17, 15) is 9.59 Å². The molecule has 1 atom stereocenters. The van der Waals surface area contributed by atoms with Crippen molar-refractivity contribution in [3.8, 4) is 0 Å². The van der Waals surface area contributed by atoms with Crippen molar-refractivity contribution in [2.24, 2.45) is 0 Å². The number of rotatable bonds is 4. The molecule has 1 aromatic rings. The first kappa shape index (κ1) is 10.9. The van der Waals surface area contributed by atoms with E-state index < -0.39 is 10.8 Å². The van der Waals surface area contributed by atoms with Gasteiger partial charge in [0.15, 0.2) is 5.78 Å². The molecule has 0 spiro atoms. The van der Waals surface area contributed by atoms with Gasteiger partial charge in [0.2, 0.25) is 0 Å². The number of halogens is 1. The molecule has 1 unspecified atom stereocenters. The Morgan fingerprint density at radius 3 is 2.36 bits per heavy atom. The summed E-state index contributed by atoms with van der Waals surface area (Å²) in [4.78, 5) is 21.3. The summed E-state index contributed by atoms with van der Waals surface area (Å²) in [6.07, 6.45) is -0.201. The number of carbonyl (C=O) groups is 2. The Morgan fingerprint density at radius 1 is 1.29 bits per heavy atom. The number of carbonyl (C=O) groups excluding carboxylic acids is 1. The van der Waals surface area contributed by atoms with Crippen LogP contribution in [0.5, 0.6) is 0 Å². The van der Waals surface area contributed by atoms with Gasteiger partial charge in [0.1, 0.15) is 0 Å². The first-order valence-electron chi connectivity index (χ1n) is 4.06. The topological polar surface area (TPSA) is 54.4 Å². The van der Waals surface area contributed by atoms with Crippen molar-refractivity contribution in [3.05, 3.63) is 35.9 Å². The van der Waals surface area contributed by atoms with Crippen LogP contribution >= 0.6 is 15.9 Å². The van der Waals surface area contributed by atoms with Crippen molar-refractivity contribution < 1.29 is 14.7 Å². The fourth-order valence-corrected chi connectivity index (χ4v) is 1.57. The van der Waals surface area contributed by atoms with E-state index >= 15 is 0 Å². The Balaban J connectivity index is 2.71. The summed E-state index contributed by atoms with van der Waals surface area (Å²) in [7, 11) is 0. The minimum atomic E-state index is -0.990. The normalized spacial score (nSPS) is 12.1. The van der Waals surface area contributed by atoms with E-state index in [0.29, 0.717) is 5.56 Å². The maximum absolute atomic E-state index is 11.6. The van der Waals surface area contributed by atoms with E-state index in [1.807, 2.05) is 0 Å². The van der Waals surface area contributed by atoms with Crippen LogP contribution in [0, 0.1) is 0 Å². The molecular formula is C10H9BrO3. The standard InChI is InChI=1S/C10H9BrO3/c11-8(6-9(12)13)10(14)7-4-2-1-3-5-7/h1-5,8H,6H2,(H,12,13). The molecule has 3 nitrogen and oxygen atoms in total. The van der Waals surface area contributed by atoms with Crippen LogP contribution in [-0.2, 0) is 4.79 Å². The van der Waals surface area contributed by atoms with Crippen LogP contribution in [0.1, 0.15) is 16.8 Å². The van der Waals surface area contributed by atoms with Crippen molar-refractivity contribution in [1.82, 2.24) is 0 Å². The lowest BCUT2D eigenvalue weighted by atomic mass is 10.1. The molecule has 0 aliphatic heterocycles. The lowest BCUT2D eigenvalue weighted by Crippen LogP contribution is -2.17. The van der Waals surface area contributed by atoms with Crippen LogP contribution in [0.15, 0.2) is 30.3 Å². The van der Waals surface area contributed by atoms with Gasteiger partial charge < -0.3 is 5.11 Å². The molecule has 14 heavy (non-hydrogen) atoms. The van der Waals surface area contributed by atoms with Gasteiger partial charge >= 0.3 is 5.97 Å². The summed E-state index contributed by atoms with van der Waals surface area (Å²) in [5.74, 6) is -1.19. The molecule has 1 rings (SSSR count). The molecule has 4 heteroatoms. The zero-order valence-corrected chi connectivity index (χ0v) is 8.90. The molecule has 0 saturated carbocycles. The summed E-state index contributed by atoms with van der Waals surface area (Å²) in [5, 5.41) is 8.50. The molecule has 0 radical (unpaired) electrons. The molecule has 0 bridgehead atoms. The van der Waals surface area contributed by atoms with E-state index in [1.165, 1.54) is 0 Å². The molecule has 0 aliphatic rings. The van der Waals surface area contributed by atoms with Gasteiger partial charge in [-0.15, -0.1) is 0 Å². The number of carboxylic acid groups (broad SMARTS) is 1. The van der Waals surface area contributed by atoms with Gasteiger partial charge in [-0.3, -0.25) is 9.59 Å². The fourth-order valence-electron chi connectivity index (χ4n) is 1.03. The first-order valence-corrected chi connectivity index (χ1v) is 4.98. The predicted molar refractivity (Wildman–Crippen MR) is 55.7 cm³/mol. The van der Waals surface area contributed by atoms with E-state index in [0.717, 1.165) is 0 Å². The Bertz CT molecular complexity index is 334. The summed E-state index contributed by atoms with van der Waals surface area (Å²) in [6.45, 7) is 0. The van der Waals surface area contributed by atoms with Crippen molar-refractivity contribution in [2.45, 2.75) is 11.2 Å². The third-order valence-corrected chi connectivity index (χ3v) is 2.44. The number of carboxylic acids is 1. The third kappa shape index (κ3) is 2.96. The van der Waals surface area contributed by atoms with Gasteiger partial charge in [-0.2, -0.15) is 0 Å². The van der Waals surface area contributed by atoms with Gasteiger partial charge in [-0.1, -0.05) is 46.3 Å². The summed E-state index contributed by atoms with van der Waals surface area (Å²) in [5.41, 5.74) is 0.524. The summed E-state index contributed by atoms with van der Waals surface area (Å²) in [6, 6.07) is 8.62. The number of hydrogen-bond acceptors (Lipinski definition) is 2. The number of ketones is 1. The second kappa shape index (κ2) is 4.91. The van der Waals surface area contributed by atoms with Gasteiger partial charge in [-0.25, -0.2) is 0 Å². The highest BCUT2D eigenvalue weighted by Gasteiger charge is 2.19. The highest BCUT2D eigenvalue weighted by atomic mass is 79.9.